The van der Waals surface area contributed by atoms with Gasteiger partial charge in [-0.25, -0.2) is 0 Å². The average Bonchev–Trinajstić information content (AvgIpc) is 3.33. The first-order valence-corrected chi connectivity index (χ1v) is 10.7. The minimum Gasteiger partial charge on any atom is -0.377 e. The lowest BCUT2D eigenvalue weighted by molar-refractivity contribution is -0.218. The highest BCUT2D eigenvalue weighted by Crippen LogP contribution is 2.24. The summed E-state index contributed by atoms with van der Waals surface area (Å²) in [6.07, 6.45) is -6.81. The number of amidine groups is 1. The van der Waals surface area contributed by atoms with Crippen molar-refractivity contribution in [3.05, 3.63) is 70.2 Å². The van der Waals surface area contributed by atoms with Gasteiger partial charge in [0.2, 0.25) is 0 Å². The summed E-state index contributed by atoms with van der Waals surface area (Å²) in [4.78, 5) is 31.5. The molecule has 34 heavy (non-hydrogen) atoms. The number of nitrogens with one attached hydrogen (secondary N) is 2. The van der Waals surface area contributed by atoms with Crippen molar-refractivity contribution >= 4 is 29.3 Å². The molecule has 2 heterocycles. The third-order valence-corrected chi connectivity index (χ3v) is 5.53. The number of amides is 2. The SMILES string of the molecule is O=C(NCC1COCCN1C(=O)c1cccc(Cl)c1)c1ccc(C2=NOC(C(F)(F)F)N2)cc1. The zero-order chi connectivity index (χ0) is 24.3. The minimum atomic E-state index is -4.60. The lowest BCUT2D eigenvalue weighted by Gasteiger charge is -2.35. The minimum absolute atomic E-state index is 0.0798. The van der Waals surface area contributed by atoms with Gasteiger partial charge in [-0.15, -0.1) is 0 Å². The molecule has 1 fully saturated rings. The zero-order valence-corrected chi connectivity index (χ0v) is 18.4. The Balaban J connectivity index is 1.35. The zero-order valence-electron chi connectivity index (χ0n) is 17.6. The van der Waals surface area contributed by atoms with Crippen LogP contribution in [0.1, 0.15) is 26.3 Å². The molecule has 1 saturated heterocycles. The van der Waals surface area contributed by atoms with Crippen molar-refractivity contribution in [3.8, 4) is 0 Å². The first kappa shape index (κ1) is 23.8. The van der Waals surface area contributed by atoms with E-state index in [2.05, 4.69) is 20.6 Å². The normalized spacial score (nSPS) is 20.2. The molecule has 0 aromatic heterocycles. The highest BCUT2D eigenvalue weighted by atomic mass is 35.5. The second kappa shape index (κ2) is 9.90. The van der Waals surface area contributed by atoms with Gasteiger partial charge in [0.25, 0.3) is 18.0 Å². The number of halogens is 4. The quantitative estimate of drug-likeness (QED) is 0.664. The van der Waals surface area contributed by atoms with Gasteiger partial charge >= 0.3 is 6.18 Å². The van der Waals surface area contributed by atoms with E-state index in [1.54, 1.807) is 29.2 Å². The Morgan fingerprint density at radius 1 is 1.18 bits per heavy atom. The van der Waals surface area contributed by atoms with Gasteiger partial charge < -0.3 is 25.1 Å². The smallest absolute Gasteiger partial charge is 0.377 e. The molecule has 12 heteroatoms. The van der Waals surface area contributed by atoms with Crippen LogP contribution in [0, 0.1) is 0 Å². The van der Waals surface area contributed by atoms with E-state index >= 15 is 0 Å². The second-order valence-corrected chi connectivity index (χ2v) is 8.07. The third kappa shape index (κ3) is 5.42. The standard InChI is InChI=1S/C22H20ClF3N4O4/c23-16-3-1-2-15(10-16)20(32)30-8-9-33-12-17(30)11-27-19(31)14-6-4-13(5-7-14)18-28-21(34-29-18)22(24,25)26/h1-7,10,17,21H,8-9,11-12H2,(H,27,31)(H,28,29). The van der Waals surface area contributed by atoms with Crippen LogP contribution >= 0.6 is 11.6 Å². The van der Waals surface area contributed by atoms with Crippen LogP contribution in [0.25, 0.3) is 0 Å². The monoisotopic (exact) mass is 496 g/mol. The molecular weight excluding hydrogens is 477 g/mol. The van der Waals surface area contributed by atoms with Gasteiger partial charge in [-0.05, 0) is 30.3 Å². The highest BCUT2D eigenvalue weighted by Gasteiger charge is 2.45. The first-order chi connectivity index (χ1) is 16.2. The van der Waals surface area contributed by atoms with Crippen LogP contribution in [0.4, 0.5) is 13.2 Å². The number of oxime groups is 1. The molecule has 0 radical (unpaired) electrons. The maximum absolute atomic E-state index is 12.9. The number of nitrogens with zero attached hydrogens (tertiary/aromatic N) is 2. The van der Waals surface area contributed by atoms with Crippen LogP contribution in [0.2, 0.25) is 5.02 Å². The van der Waals surface area contributed by atoms with Gasteiger partial charge in [0.15, 0.2) is 5.84 Å². The Morgan fingerprint density at radius 2 is 1.94 bits per heavy atom. The lowest BCUT2D eigenvalue weighted by Crippen LogP contribution is -2.53. The molecule has 2 N–H and O–H groups in total. The molecule has 4 rings (SSSR count). The summed E-state index contributed by atoms with van der Waals surface area (Å²) >= 11 is 5.99. The van der Waals surface area contributed by atoms with Crippen LogP contribution in [0.3, 0.4) is 0 Å². The molecule has 0 bridgehead atoms. The van der Waals surface area contributed by atoms with Gasteiger partial charge in [-0.1, -0.05) is 35.0 Å². The summed E-state index contributed by atoms with van der Waals surface area (Å²) in [7, 11) is 0. The molecule has 2 aliphatic rings. The maximum Gasteiger partial charge on any atom is 0.448 e. The molecule has 2 atom stereocenters. The molecule has 0 saturated carbocycles. The number of alkyl halides is 3. The van der Waals surface area contributed by atoms with Gasteiger partial charge in [-0.3, -0.25) is 9.59 Å². The van der Waals surface area contributed by atoms with E-state index < -0.39 is 18.3 Å². The molecule has 8 nitrogen and oxygen atoms in total. The fraction of sp³-hybridized carbons (Fsp3) is 0.318. The van der Waals surface area contributed by atoms with E-state index in [0.29, 0.717) is 34.9 Å². The van der Waals surface area contributed by atoms with Gasteiger partial charge in [0.05, 0.1) is 19.3 Å². The summed E-state index contributed by atoms with van der Waals surface area (Å²) in [5.41, 5.74) is 1.07. The predicted octanol–water partition coefficient (Wildman–Crippen LogP) is 2.78. The number of carbonyl (C=O) groups is 2. The average molecular weight is 497 g/mol. The van der Waals surface area contributed by atoms with Crippen LogP contribution in [-0.4, -0.2) is 67.3 Å². The van der Waals surface area contributed by atoms with E-state index in [1.807, 2.05) is 0 Å². The van der Waals surface area contributed by atoms with Gasteiger partial charge in [0, 0.05) is 34.8 Å². The molecule has 0 spiro atoms. The summed E-state index contributed by atoms with van der Waals surface area (Å²) in [6, 6.07) is 12.1. The third-order valence-electron chi connectivity index (χ3n) is 5.29. The van der Waals surface area contributed by atoms with Gasteiger partial charge in [-0.2, -0.15) is 13.2 Å². The summed E-state index contributed by atoms with van der Waals surface area (Å²) in [5, 5.41) is 8.77. The van der Waals surface area contributed by atoms with Crippen molar-refractivity contribution in [2.75, 3.05) is 26.3 Å². The summed E-state index contributed by atoms with van der Waals surface area (Å²) in [6.45, 7) is 1.17. The first-order valence-electron chi connectivity index (χ1n) is 10.3. The highest BCUT2D eigenvalue weighted by molar-refractivity contribution is 6.31. The van der Waals surface area contributed by atoms with E-state index in [9.17, 15) is 22.8 Å². The summed E-state index contributed by atoms with van der Waals surface area (Å²) < 4.78 is 43.6. The number of hydrogen-bond acceptors (Lipinski definition) is 6. The van der Waals surface area contributed by atoms with Crippen molar-refractivity contribution in [3.63, 3.8) is 0 Å². The van der Waals surface area contributed by atoms with Crippen molar-refractivity contribution in [2.45, 2.75) is 18.4 Å². The van der Waals surface area contributed by atoms with Crippen LogP contribution in [0.15, 0.2) is 53.7 Å². The van der Waals surface area contributed by atoms with Crippen molar-refractivity contribution in [1.29, 1.82) is 0 Å². The Labute approximate surface area is 197 Å². The lowest BCUT2D eigenvalue weighted by atomic mass is 10.1. The molecular formula is C22H20ClF3N4O4. The largest absolute Gasteiger partial charge is 0.448 e. The van der Waals surface area contributed by atoms with E-state index in [1.165, 1.54) is 24.3 Å². The second-order valence-electron chi connectivity index (χ2n) is 7.64. The van der Waals surface area contributed by atoms with E-state index in [-0.39, 0.29) is 30.9 Å². The van der Waals surface area contributed by atoms with Crippen LogP contribution in [0.5, 0.6) is 0 Å². The van der Waals surface area contributed by atoms with E-state index in [4.69, 9.17) is 16.3 Å². The number of rotatable bonds is 5. The molecule has 180 valence electrons. The molecule has 2 aliphatic heterocycles. The maximum atomic E-state index is 12.9. The predicted molar refractivity (Wildman–Crippen MR) is 116 cm³/mol. The number of carbonyl (C=O) groups excluding carboxylic acids is 2. The van der Waals surface area contributed by atoms with Crippen molar-refractivity contribution in [2.24, 2.45) is 5.16 Å². The van der Waals surface area contributed by atoms with Crippen LogP contribution < -0.4 is 10.6 Å². The number of benzene rings is 2. The van der Waals surface area contributed by atoms with Crippen molar-refractivity contribution in [1.82, 2.24) is 15.5 Å². The van der Waals surface area contributed by atoms with Crippen LogP contribution in [-0.2, 0) is 9.57 Å². The Bertz CT molecular complexity index is 1090. The Hall–Kier alpha value is -3.31. The topological polar surface area (TPSA) is 92.3 Å². The molecule has 2 aromatic carbocycles. The Morgan fingerprint density at radius 3 is 2.62 bits per heavy atom. The van der Waals surface area contributed by atoms with E-state index in [0.717, 1.165) is 0 Å². The molecule has 2 unspecified atom stereocenters. The summed E-state index contributed by atoms with van der Waals surface area (Å²) in [5.74, 6) is -0.694. The number of hydrogen-bond donors (Lipinski definition) is 2. The Kier molecular flexibility index (Phi) is 6.94. The molecule has 0 aliphatic carbocycles. The van der Waals surface area contributed by atoms with Gasteiger partial charge in [0.1, 0.15) is 0 Å². The fourth-order valence-electron chi connectivity index (χ4n) is 3.53. The molecule has 2 aromatic rings. The fourth-order valence-corrected chi connectivity index (χ4v) is 3.72. The number of morpholine rings is 1. The number of ether oxygens (including phenoxy) is 1. The molecule has 2 amide bonds. The van der Waals surface area contributed by atoms with Crippen molar-refractivity contribution < 1.29 is 32.3 Å².